The summed E-state index contributed by atoms with van der Waals surface area (Å²) in [6.45, 7) is 3.75. The number of nitrogens with one attached hydrogen (secondary N) is 2. The van der Waals surface area contributed by atoms with E-state index in [0.717, 1.165) is 15.7 Å². The minimum absolute atomic E-state index is 0.153. The van der Waals surface area contributed by atoms with Crippen molar-refractivity contribution in [2.75, 3.05) is 11.1 Å². The summed E-state index contributed by atoms with van der Waals surface area (Å²) in [5, 5.41) is 15.3. The Morgan fingerprint density at radius 3 is 2.62 bits per heavy atom. The van der Waals surface area contributed by atoms with Crippen LogP contribution in [0.2, 0.25) is 10.0 Å². The van der Waals surface area contributed by atoms with E-state index in [1.807, 2.05) is 25.1 Å². The number of nitrogens with zero attached hydrogens (tertiary/aromatic N) is 3. The van der Waals surface area contributed by atoms with Crippen molar-refractivity contribution >= 4 is 68.4 Å². The first-order valence-electron chi connectivity index (χ1n) is 9.49. The third-order valence-electron chi connectivity index (χ3n) is 4.55. The molecule has 0 aliphatic carbocycles. The van der Waals surface area contributed by atoms with Crippen LogP contribution in [0.4, 0.5) is 5.69 Å². The molecule has 3 rings (SSSR count). The first kappa shape index (κ1) is 24.6. The molecule has 7 nitrogen and oxygen atoms in total. The van der Waals surface area contributed by atoms with Gasteiger partial charge in [0.05, 0.1) is 22.4 Å². The van der Waals surface area contributed by atoms with Crippen molar-refractivity contribution in [3.8, 4) is 0 Å². The number of rotatable bonds is 7. The van der Waals surface area contributed by atoms with Gasteiger partial charge in [-0.3, -0.25) is 9.59 Å². The number of carbonyl (C=O) groups excluding carboxylic acids is 2. The fourth-order valence-corrected chi connectivity index (χ4v) is 4.35. The highest BCUT2D eigenvalue weighted by Gasteiger charge is 2.20. The largest absolute Gasteiger partial charge is 0.342 e. The lowest BCUT2D eigenvalue weighted by molar-refractivity contribution is -0.113. The SMILES string of the molecule is Cc1cc(NC(=O)CSc2nnc([C@H](C)NC(=O)c3ccc(Cl)cc3Cl)n2C)ccc1Br. The molecular formula is C21H20BrCl2N5O2S. The van der Waals surface area contributed by atoms with Crippen LogP contribution in [0.1, 0.15) is 34.7 Å². The molecule has 1 atom stereocenters. The van der Waals surface area contributed by atoms with Crippen molar-refractivity contribution < 1.29 is 9.59 Å². The predicted molar refractivity (Wildman–Crippen MR) is 132 cm³/mol. The van der Waals surface area contributed by atoms with E-state index >= 15 is 0 Å². The van der Waals surface area contributed by atoms with Gasteiger partial charge < -0.3 is 15.2 Å². The number of benzene rings is 2. The number of hydrogen-bond acceptors (Lipinski definition) is 5. The topological polar surface area (TPSA) is 88.9 Å². The number of carbonyl (C=O) groups is 2. The van der Waals surface area contributed by atoms with E-state index in [1.165, 1.54) is 17.8 Å². The molecule has 0 bridgehead atoms. The number of hydrogen-bond donors (Lipinski definition) is 2. The normalized spacial score (nSPS) is 11.8. The maximum absolute atomic E-state index is 12.6. The summed E-state index contributed by atoms with van der Waals surface area (Å²) in [6.07, 6.45) is 0. The number of amides is 2. The monoisotopic (exact) mass is 555 g/mol. The Kier molecular flexibility index (Phi) is 8.21. The zero-order valence-corrected chi connectivity index (χ0v) is 21.4. The molecule has 3 aromatic rings. The molecule has 0 radical (unpaired) electrons. The van der Waals surface area contributed by atoms with Gasteiger partial charge in [0.1, 0.15) is 0 Å². The number of aromatic nitrogens is 3. The quantitative estimate of drug-likeness (QED) is 0.379. The lowest BCUT2D eigenvalue weighted by atomic mass is 10.2. The molecule has 0 aliphatic rings. The second-order valence-corrected chi connectivity index (χ2v) is 9.66. The van der Waals surface area contributed by atoms with Gasteiger partial charge in [0.15, 0.2) is 11.0 Å². The van der Waals surface area contributed by atoms with Crippen LogP contribution in [0.25, 0.3) is 0 Å². The summed E-state index contributed by atoms with van der Waals surface area (Å²) in [7, 11) is 1.78. The fraction of sp³-hybridized carbons (Fsp3) is 0.238. The molecular weight excluding hydrogens is 537 g/mol. The van der Waals surface area contributed by atoms with Crippen LogP contribution in [0.15, 0.2) is 46.0 Å². The van der Waals surface area contributed by atoms with Crippen molar-refractivity contribution in [1.82, 2.24) is 20.1 Å². The predicted octanol–water partition coefficient (Wildman–Crippen LogP) is 5.41. The van der Waals surface area contributed by atoms with Crippen LogP contribution in [0.5, 0.6) is 0 Å². The van der Waals surface area contributed by atoms with Crippen molar-refractivity contribution in [3.63, 3.8) is 0 Å². The number of anilines is 1. The summed E-state index contributed by atoms with van der Waals surface area (Å²) in [5.41, 5.74) is 2.08. The number of thioether (sulfide) groups is 1. The van der Waals surface area contributed by atoms with Gasteiger partial charge in [0, 0.05) is 22.2 Å². The highest BCUT2D eigenvalue weighted by molar-refractivity contribution is 9.10. The highest BCUT2D eigenvalue weighted by atomic mass is 79.9. The van der Waals surface area contributed by atoms with E-state index in [-0.39, 0.29) is 22.6 Å². The Hall–Kier alpha value is -2.07. The standard InChI is InChI=1S/C21H20BrCl2N5O2S/c1-11-8-14(5-7-16(11)22)26-18(30)10-32-21-28-27-19(29(21)3)12(2)25-20(31)15-6-4-13(23)9-17(15)24/h4-9,12H,10H2,1-3H3,(H,25,31)(H,26,30)/t12-/m0/s1. The molecule has 168 valence electrons. The van der Waals surface area contributed by atoms with Gasteiger partial charge in [-0.05, 0) is 55.8 Å². The highest BCUT2D eigenvalue weighted by Crippen LogP contribution is 2.24. The first-order valence-corrected chi connectivity index (χ1v) is 12.0. The maximum atomic E-state index is 12.6. The molecule has 0 spiro atoms. The first-order chi connectivity index (χ1) is 15.2. The minimum atomic E-state index is -0.430. The zero-order chi connectivity index (χ0) is 23.4. The summed E-state index contributed by atoms with van der Waals surface area (Å²) >= 11 is 16.7. The molecule has 2 N–H and O–H groups in total. The Labute approximate surface area is 208 Å². The lowest BCUT2D eigenvalue weighted by Gasteiger charge is -2.14. The lowest BCUT2D eigenvalue weighted by Crippen LogP contribution is -2.28. The van der Waals surface area contributed by atoms with E-state index in [2.05, 4.69) is 36.8 Å². The van der Waals surface area contributed by atoms with Crippen molar-refractivity contribution in [1.29, 1.82) is 0 Å². The Morgan fingerprint density at radius 2 is 1.94 bits per heavy atom. The van der Waals surface area contributed by atoms with E-state index < -0.39 is 6.04 Å². The summed E-state index contributed by atoms with van der Waals surface area (Å²) < 4.78 is 2.73. The average molecular weight is 557 g/mol. The third kappa shape index (κ3) is 6.04. The van der Waals surface area contributed by atoms with Crippen molar-refractivity contribution in [3.05, 3.63) is 67.9 Å². The molecule has 1 heterocycles. The Balaban J connectivity index is 1.59. The summed E-state index contributed by atoms with van der Waals surface area (Å²) in [5.74, 6) is 0.220. The maximum Gasteiger partial charge on any atom is 0.253 e. The molecule has 32 heavy (non-hydrogen) atoms. The molecule has 0 fully saturated rings. The van der Waals surface area contributed by atoms with Crippen LogP contribution in [0.3, 0.4) is 0 Å². The number of aryl methyl sites for hydroxylation is 1. The van der Waals surface area contributed by atoms with Crippen molar-refractivity contribution in [2.24, 2.45) is 7.05 Å². The van der Waals surface area contributed by atoms with Gasteiger partial charge in [-0.15, -0.1) is 10.2 Å². The van der Waals surface area contributed by atoms with E-state index in [1.54, 1.807) is 30.7 Å². The van der Waals surface area contributed by atoms with Crippen LogP contribution in [-0.2, 0) is 11.8 Å². The van der Waals surface area contributed by atoms with Crippen LogP contribution < -0.4 is 10.6 Å². The molecule has 2 amide bonds. The number of halogens is 3. The van der Waals surface area contributed by atoms with Gasteiger partial charge in [0.2, 0.25) is 5.91 Å². The fourth-order valence-electron chi connectivity index (χ4n) is 2.89. The van der Waals surface area contributed by atoms with Gasteiger partial charge in [-0.2, -0.15) is 0 Å². The summed E-state index contributed by atoms with van der Waals surface area (Å²) in [4.78, 5) is 24.9. The van der Waals surface area contributed by atoms with E-state index in [0.29, 0.717) is 21.6 Å². The minimum Gasteiger partial charge on any atom is -0.342 e. The van der Waals surface area contributed by atoms with E-state index in [4.69, 9.17) is 23.2 Å². The molecule has 0 aliphatic heterocycles. The smallest absolute Gasteiger partial charge is 0.253 e. The van der Waals surface area contributed by atoms with Gasteiger partial charge in [0.25, 0.3) is 5.91 Å². The van der Waals surface area contributed by atoms with Gasteiger partial charge in [-0.25, -0.2) is 0 Å². The molecule has 0 unspecified atom stereocenters. The molecule has 0 saturated carbocycles. The second-order valence-electron chi connectivity index (χ2n) is 7.02. The van der Waals surface area contributed by atoms with Crippen LogP contribution in [0, 0.1) is 6.92 Å². The van der Waals surface area contributed by atoms with Gasteiger partial charge >= 0.3 is 0 Å². The third-order valence-corrected chi connectivity index (χ3v) is 7.01. The average Bonchev–Trinajstić information content (AvgIpc) is 3.09. The van der Waals surface area contributed by atoms with E-state index in [9.17, 15) is 9.59 Å². The van der Waals surface area contributed by atoms with Crippen LogP contribution in [-0.4, -0.2) is 32.3 Å². The molecule has 11 heteroatoms. The van der Waals surface area contributed by atoms with Crippen molar-refractivity contribution in [2.45, 2.75) is 25.0 Å². The van der Waals surface area contributed by atoms with Gasteiger partial charge in [-0.1, -0.05) is 50.9 Å². The molecule has 0 saturated heterocycles. The zero-order valence-electron chi connectivity index (χ0n) is 17.4. The summed E-state index contributed by atoms with van der Waals surface area (Å²) in [6, 6.07) is 9.86. The Bertz CT molecular complexity index is 1170. The second kappa shape index (κ2) is 10.7. The Morgan fingerprint density at radius 1 is 1.19 bits per heavy atom. The van der Waals surface area contributed by atoms with Crippen LogP contribution >= 0.6 is 50.9 Å². The molecule has 2 aromatic carbocycles. The molecule has 1 aromatic heterocycles.